The van der Waals surface area contributed by atoms with Crippen LogP contribution in [0.3, 0.4) is 0 Å². The number of aromatic amines is 1. The van der Waals surface area contributed by atoms with Gasteiger partial charge in [0.1, 0.15) is 17.0 Å². The molecule has 2 saturated carbocycles. The van der Waals surface area contributed by atoms with Crippen molar-refractivity contribution in [3.8, 4) is 6.07 Å². The number of nitrogens with zero attached hydrogens (tertiary/aromatic N) is 1. The Bertz CT molecular complexity index is 806. The second kappa shape index (κ2) is 9.77. The number of halogens is 2. The number of carbonyl (C=O) groups excluding carboxylic acids is 3. The van der Waals surface area contributed by atoms with Crippen molar-refractivity contribution in [2.75, 3.05) is 0 Å². The zero-order valence-corrected chi connectivity index (χ0v) is 17.7. The van der Waals surface area contributed by atoms with Crippen LogP contribution in [0, 0.1) is 29.1 Å². The maximum Gasteiger partial charge on any atom is 0.224 e. The standard InChI is InChI=1S/C21H25Cl2N3O3/c22-16-10-17(26-20(16)23)19(28)9-14(7-12-5-6-12)21(29)25-15(11-24)8-13-3-1-2-4-18(13)27/h10,12-15,26H,1-9H2,(H,25,29). The summed E-state index contributed by atoms with van der Waals surface area (Å²) in [5.74, 6) is -0.612. The Balaban J connectivity index is 1.62. The molecule has 6 nitrogen and oxygen atoms in total. The van der Waals surface area contributed by atoms with Gasteiger partial charge in [-0.3, -0.25) is 14.4 Å². The van der Waals surface area contributed by atoms with E-state index in [9.17, 15) is 19.6 Å². The van der Waals surface area contributed by atoms with Crippen LogP contribution in [0.15, 0.2) is 6.07 Å². The summed E-state index contributed by atoms with van der Waals surface area (Å²) in [6, 6.07) is 2.85. The highest BCUT2D eigenvalue weighted by molar-refractivity contribution is 6.41. The van der Waals surface area contributed by atoms with Crippen LogP contribution in [0.5, 0.6) is 0 Å². The molecule has 0 spiro atoms. The number of hydrogen-bond acceptors (Lipinski definition) is 4. The third kappa shape index (κ3) is 6.07. The Hall–Kier alpha value is -1.84. The van der Waals surface area contributed by atoms with Gasteiger partial charge >= 0.3 is 0 Å². The normalized spacial score (nSPS) is 21.3. The Morgan fingerprint density at radius 1 is 1.24 bits per heavy atom. The molecule has 3 unspecified atom stereocenters. The van der Waals surface area contributed by atoms with Crippen LogP contribution in [0.25, 0.3) is 0 Å². The zero-order valence-electron chi connectivity index (χ0n) is 16.2. The van der Waals surface area contributed by atoms with Crippen molar-refractivity contribution >= 4 is 40.7 Å². The molecule has 3 atom stereocenters. The molecule has 2 fully saturated rings. The van der Waals surface area contributed by atoms with Crippen LogP contribution < -0.4 is 5.32 Å². The van der Waals surface area contributed by atoms with Crippen molar-refractivity contribution in [3.05, 3.63) is 21.9 Å². The van der Waals surface area contributed by atoms with Gasteiger partial charge in [-0.2, -0.15) is 5.26 Å². The molecule has 8 heteroatoms. The highest BCUT2D eigenvalue weighted by atomic mass is 35.5. The summed E-state index contributed by atoms with van der Waals surface area (Å²) in [7, 11) is 0. The lowest BCUT2D eigenvalue weighted by atomic mass is 9.83. The monoisotopic (exact) mass is 437 g/mol. The number of rotatable bonds is 9. The molecule has 1 aromatic heterocycles. The molecule has 156 valence electrons. The summed E-state index contributed by atoms with van der Waals surface area (Å²) in [5.41, 5.74) is 0.276. The third-order valence-electron chi connectivity index (χ3n) is 5.82. The van der Waals surface area contributed by atoms with E-state index in [1.165, 1.54) is 6.07 Å². The largest absolute Gasteiger partial charge is 0.342 e. The van der Waals surface area contributed by atoms with Crippen molar-refractivity contribution in [1.29, 1.82) is 5.26 Å². The highest BCUT2D eigenvalue weighted by Crippen LogP contribution is 2.37. The lowest BCUT2D eigenvalue weighted by Gasteiger charge is -2.24. The smallest absolute Gasteiger partial charge is 0.224 e. The number of nitriles is 1. The van der Waals surface area contributed by atoms with Gasteiger partial charge in [-0.05, 0) is 37.7 Å². The van der Waals surface area contributed by atoms with Gasteiger partial charge < -0.3 is 10.3 Å². The molecule has 0 aromatic carbocycles. The number of ketones is 2. The van der Waals surface area contributed by atoms with E-state index in [1.54, 1.807) is 0 Å². The maximum absolute atomic E-state index is 12.9. The fourth-order valence-corrected chi connectivity index (χ4v) is 4.26. The van der Waals surface area contributed by atoms with Crippen LogP contribution in [0.1, 0.15) is 68.3 Å². The van der Waals surface area contributed by atoms with Gasteiger partial charge in [0.05, 0.1) is 16.8 Å². The minimum Gasteiger partial charge on any atom is -0.342 e. The molecule has 2 aliphatic carbocycles. The quantitative estimate of drug-likeness (QED) is 0.556. The molecular weight excluding hydrogens is 413 g/mol. The molecule has 0 saturated heterocycles. The summed E-state index contributed by atoms with van der Waals surface area (Å²) in [4.78, 5) is 40.3. The number of amides is 1. The van der Waals surface area contributed by atoms with Crippen molar-refractivity contribution < 1.29 is 14.4 Å². The van der Waals surface area contributed by atoms with E-state index in [0.717, 1.165) is 32.1 Å². The molecule has 0 aliphatic heterocycles. The Morgan fingerprint density at radius 2 is 2.00 bits per heavy atom. The van der Waals surface area contributed by atoms with Gasteiger partial charge in [0.15, 0.2) is 5.78 Å². The van der Waals surface area contributed by atoms with Crippen LogP contribution in [-0.2, 0) is 9.59 Å². The van der Waals surface area contributed by atoms with Gasteiger partial charge in [0.25, 0.3) is 0 Å². The Morgan fingerprint density at radius 3 is 2.59 bits per heavy atom. The number of hydrogen-bond donors (Lipinski definition) is 2. The lowest BCUT2D eigenvalue weighted by molar-refractivity contribution is -0.127. The average molecular weight is 438 g/mol. The molecule has 0 radical (unpaired) electrons. The SMILES string of the molecule is N#CC(CC1CCCCC1=O)NC(=O)C(CC(=O)c1cc(Cl)c(Cl)[nH]1)CC1CC1. The molecule has 1 heterocycles. The van der Waals surface area contributed by atoms with Gasteiger partial charge in [-0.1, -0.05) is 42.5 Å². The van der Waals surface area contributed by atoms with Crippen molar-refractivity contribution in [3.63, 3.8) is 0 Å². The summed E-state index contributed by atoms with van der Waals surface area (Å²) < 4.78 is 0. The molecule has 3 rings (SSSR count). The first-order valence-corrected chi connectivity index (χ1v) is 10.9. The number of nitrogens with one attached hydrogen (secondary N) is 2. The van der Waals surface area contributed by atoms with Crippen LogP contribution >= 0.6 is 23.2 Å². The summed E-state index contributed by atoms with van der Waals surface area (Å²) >= 11 is 11.8. The number of Topliss-reactive ketones (excluding diaryl/α,β-unsaturated/α-hetero) is 2. The second-order valence-electron chi connectivity index (χ2n) is 8.18. The number of aromatic nitrogens is 1. The van der Waals surface area contributed by atoms with Crippen molar-refractivity contribution in [2.45, 2.75) is 63.8 Å². The van der Waals surface area contributed by atoms with Crippen LogP contribution in [-0.4, -0.2) is 28.5 Å². The molecule has 1 amide bonds. The first-order valence-electron chi connectivity index (χ1n) is 10.2. The topological polar surface area (TPSA) is 103 Å². The lowest BCUT2D eigenvalue weighted by Crippen LogP contribution is -2.41. The molecule has 2 aliphatic rings. The summed E-state index contributed by atoms with van der Waals surface area (Å²) in [6.07, 6.45) is 6.28. The van der Waals surface area contributed by atoms with Crippen molar-refractivity contribution in [1.82, 2.24) is 10.3 Å². The molecule has 2 N–H and O–H groups in total. The first kappa shape index (κ1) is 21.9. The predicted octanol–water partition coefficient (Wildman–Crippen LogP) is 4.47. The predicted molar refractivity (Wildman–Crippen MR) is 110 cm³/mol. The van der Waals surface area contributed by atoms with E-state index in [2.05, 4.69) is 16.4 Å². The van der Waals surface area contributed by atoms with E-state index < -0.39 is 12.0 Å². The minimum atomic E-state index is -0.722. The van der Waals surface area contributed by atoms with Gasteiger partial charge in [-0.15, -0.1) is 0 Å². The van der Waals surface area contributed by atoms with E-state index in [1.807, 2.05) is 0 Å². The number of H-pyrrole nitrogens is 1. The van der Waals surface area contributed by atoms with Gasteiger partial charge in [0, 0.05) is 24.7 Å². The third-order valence-corrected chi connectivity index (χ3v) is 6.51. The van der Waals surface area contributed by atoms with Crippen LogP contribution in [0.4, 0.5) is 0 Å². The van der Waals surface area contributed by atoms with Gasteiger partial charge in [0.2, 0.25) is 5.91 Å². The van der Waals surface area contributed by atoms with Crippen LogP contribution in [0.2, 0.25) is 10.2 Å². The van der Waals surface area contributed by atoms with Crippen molar-refractivity contribution in [2.24, 2.45) is 17.8 Å². The minimum absolute atomic E-state index is 0.0238. The Labute approximate surface area is 180 Å². The molecule has 0 bridgehead atoms. The molecular formula is C21H25Cl2N3O3. The summed E-state index contributed by atoms with van der Waals surface area (Å²) in [6.45, 7) is 0. The van der Waals surface area contributed by atoms with E-state index >= 15 is 0 Å². The van der Waals surface area contributed by atoms with E-state index in [-0.39, 0.29) is 45.7 Å². The molecule has 29 heavy (non-hydrogen) atoms. The highest BCUT2D eigenvalue weighted by Gasteiger charge is 2.33. The second-order valence-corrected chi connectivity index (χ2v) is 8.97. The molecule has 1 aromatic rings. The maximum atomic E-state index is 12.9. The number of carbonyl (C=O) groups is 3. The fraction of sp³-hybridized carbons (Fsp3) is 0.619. The Kier molecular flexibility index (Phi) is 7.37. The fourth-order valence-electron chi connectivity index (χ4n) is 3.95. The summed E-state index contributed by atoms with van der Waals surface area (Å²) in [5, 5.41) is 12.7. The van der Waals surface area contributed by atoms with E-state index in [0.29, 0.717) is 25.2 Å². The zero-order chi connectivity index (χ0) is 21.0. The first-order chi connectivity index (χ1) is 13.9. The average Bonchev–Trinajstić information content (AvgIpc) is 3.45. The van der Waals surface area contributed by atoms with E-state index in [4.69, 9.17) is 23.2 Å². The van der Waals surface area contributed by atoms with Gasteiger partial charge in [-0.25, -0.2) is 0 Å².